The molecule has 0 unspecified atom stereocenters. The average Bonchev–Trinajstić information content (AvgIpc) is 2.97. The fraction of sp³-hybridized carbons (Fsp3) is 0.300. The quantitative estimate of drug-likeness (QED) is 0.818. The Hall–Kier alpha value is -2.31. The number of aromatic nitrogens is 3. The molecule has 1 N–H and O–H groups in total. The Labute approximate surface area is 96.3 Å². The second-order valence-corrected chi connectivity index (χ2v) is 3.77. The van der Waals surface area contributed by atoms with Gasteiger partial charge >= 0.3 is 5.97 Å². The molecule has 0 bridgehead atoms. The van der Waals surface area contributed by atoms with Crippen molar-refractivity contribution in [2.75, 3.05) is 11.4 Å². The molecule has 0 aliphatic carbocycles. The molecule has 2 aromatic rings. The molecule has 0 amide bonds. The van der Waals surface area contributed by atoms with E-state index in [0.29, 0.717) is 24.8 Å². The van der Waals surface area contributed by atoms with Crippen LogP contribution in [0.15, 0.2) is 23.2 Å². The van der Waals surface area contributed by atoms with Crippen LogP contribution in [-0.4, -0.2) is 32.2 Å². The maximum absolute atomic E-state index is 11.0. The summed E-state index contributed by atoms with van der Waals surface area (Å²) in [6.45, 7) is 1.85. The van der Waals surface area contributed by atoms with Gasteiger partial charge in [-0.25, -0.2) is 14.8 Å². The molecule has 0 saturated carbocycles. The molecule has 3 heterocycles. The normalized spacial score (nSPS) is 14.7. The Morgan fingerprint density at radius 1 is 1.41 bits per heavy atom. The van der Waals surface area contributed by atoms with Gasteiger partial charge in [-0.15, -0.1) is 0 Å². The first-order valence-corrected chi connectivity index (χ1v) is 5.17. The Balaban J connectivity index is 1.94. The van der Waals surface area contributed by atoms with E-state index in [1.54, 1.807) is 12.5 Å². The van der Waals surface area contributed by atoms with Gasteiger partial charge in [0.15, 0.2) is 5.69 Å². The van der Waals surface area contributed by atoms with Crippen LogP contribution in [0.1, 0.15) is 16.2 Å². The van der Waals surface area contributed by atoms with Crippen molar-refractivity contribution in [1.82, 2.24) is 14.5 Å². The monoisotopic (exact) mass is 234 g/mol. The standard InChI is InChI=1S/C10H10N4O3/c15-9(16)8-7-5-13(10-11-1-4-17-10)2-3-14(7)6-12-8/h1,4,6H,2-3,5H2,(H,15,16). The highest BCUT2D eigenvalue weighted by Gasteiger charge is 2.25. The lowest BCUT2D eigenvalue weighted by Crippen LogP contribution is -2.34. The van der Waals surface area contributed by atoms with E-state index < -0.39 is 5.97 Å². The number of imidazole rings is 1. The highest BCUT2D eigenvalue weighted by molar-refractivity contribution is 5.86. The van der Waals surface area contributed by atoms with E-state index in [2.05, 4.69) is 9.97 Å². The minimum Gasteiger partial charge on any atom is -0.476 e. The number of rotatable bonds is 2. The third-order valence-corrected chi connectivity index (χ3v) is 2.79. The molecule has 0 fully saturated rings. The zero-order valence-corrected chi connectivity index (χ0v) is 8.91. The Bertz CT molecular complexity index is 546. The van der Waals surface area contributed by atoms with Gasteiger partial charge in [-0.1, -0.05) is 0 Å². The molecule has 7 nitrogen and oxygen atoms in total. The SMILES string of the molecule is O=C(O)c1ncn2c1CN(c1ncco1)CC2. The number of carboxylic acid groups (broad SMARTS) is 1. The molecule has 3 rings (SSSR count). The van der Waals surface area contributed by atoms with E-state index in [1.165, 1.54) is 6.26 Å². The second-order valence-electron chi connectivity index (χ2n) is 3.77. The van der Waals surface area contributed by atoms with Gasteiger partial charge in [-0.2, -0.15) is 0 Å². The molecule has 0 spiro atoms. The molecule has 1 aliphatic rings. The molecule has 0 radical (unpaired) electrons. The van der Waals surface area contributed by atoms with E-state index in [-0.39, 0.29) is 5.69 Å². The van der Waals surface area contributed by atoms with Crippen molar-refractivity contribution in [2.24, 2.45) is 0 Å². The van der Waals surface area contributed by atoms with Gasteiger partial charge in [0.1, 0.15) is 6.26 Å². The van der Waals surface area contributed by atoms with Crippen molar-refractivity contribution >= 4 is 12.0 Å². The number of aromatic carboxylic acids is 1. The Morgan fingerprint density at radius 2 is 2.29 bits per heavy atom. The molecular weight excluding hydrogens is 224 g/mol. The van der Waals surface area contributed by atoms with Crippen LogP contribution in [-0.2, 0) is 13.1 Å². The van der Waals surface area contributed by atoms with Gasteiger partial charge in [0.2, 0.25) is 0 Å². The lowest BCUT2D eigenvalue weighted by Gasteiger charge is -2.26. The predicted octanol–water partition coefficient (Wildman–Crippen LogP) is 0.589. The van der Waals surface area contributed by atoms with Gasteiger partial charge in [0.25, 0.3) is 6.01 Å². The molecule has 0 aromatic carbocycles. The summed E-state index contributed by atoms with van der Waals surface area (Å²) in [5.41, 5.74) is 0.781. The first-order valence-electron chi connectivity index (χ1n) is 5.17. The van der Waals surface area contributed by atoms with Crippen LogP contribution < -0.4 is 4.90 Å². The maximum atomic E-state index is 11.0. The van der Waals surface area contributed by atoms with E-state index in [9.17, 15) is 4.79 Å². The van der Waals surface area contributed by atoms with Crippen LogP contribution in [0, 0.1) is 0 Å². The number of carboxylic acids is 1. The fourth-order valence-electron chi connectivity index (χ4n) is 1.97. The summed E-state index contributed by atoms with van der Waals surface area (Å²) in [5, 5.41) is 9.01. The number of hydrogen-bond acceptors (Lipinski definition) is 5. The molecule has 2 aromatic heterocycles. The Morgan fingerprint density at radius 3 is 3.00 bits per heavy atom. The minimum absolute atomic E-state index is 0.0984. The van der Waals surface area contributed by atoms with Gasteiger partial charge in [0, 0.05) is 13.1 Å². The maximum Gasteiger partial charge on any atom is 0.356 e. The topological polar surface area (TPSA) is 84.4 Å². The van der Waals surface area contributed by atoms with Gasteiger partial charge in [-0.05, 0) is 0 Å². The van der Waals surface area contributed by atoms with Gasteiger partial charge < -0.3 is 19.0 Å². The van der Waals surface area contributed by atoms with Crippen molar-refractivity contribution in [2.45, 2.75) is 13.1 Å². The molecule has 1 aliphatic heterocycles. The first kappa shape index (κ1) is 9.88. The summed E-state index contributed by atoms with van der Waals surface area (Å²) in [7, 11) is 0. The highest BCUT2D eigenvalue weighted by Crippen LogP contribution is 2.21. The number of nitrogens with zero attached hydrogens (tertiary/aromatic N) is 4. The van der Waals surface area contributed by atoms with Crippen LogP contribution in [0.25, 0.3) is 0 Å². The van der Waals surface area contributed by atoms with Crippen molar-refractivity contribution < 1.29 is 14.3 Å². The number of anilines is 1. The van der Waals surface area contributed by atoms with Crippen molar-refractivity contribution in [1.29, 1.82) is 0 Å². The molecule has 17 heavy (non-hydrogen) atoms. The van der Waals surface area contributed by atoms with E-state index in [0.717, 1.165) is 6.54 Å². The number of carbonyl (C=O) groups is 1. The van der Waals surface area contributed by atoms with Crippen LogP contribution >= 0.6 is 0 Å². The third-order valence-electron chi connectivity index (χ3n) is 2.79. The fourth-order valence-corrected chi connectivity index (χ4v) is 1.97. The van der Waals surface area contributed by atoms with Crippen LogP contribution in [0.5, 0.6) is 0 Å². The van der Waals surface area contributed by atoms with Gasteiger partial charge in [-0.3, -0.25) is 0 Å². The zero-order valence-electron chi connectivity index (χ0n) is 8.91. The second kappa shape index (κ2) is 3.62. The summed E-state index contributed by atoms with van der Waals surface area (Å²) in [5.74, 6) is -1.01. The molecular formula is C10H10N4O3. The summed E-state index contributed by atoms with van der Waals surface area (Å²) >= 11 is 0. The summed E-state index contributed by atoms with van der Waals surface area (Å²) < 4.78 is 7.05. The number of oxazole rings is 1. The number of hydrogen-bond donors (Lipinski definition) is 1. The van der Waals surface area contributed by atoms with E-state index in [4.69, 9.17) is 9.52 Å². The Kier molecular flexibility index (Phi) is 2.10. The summed E-state index contributed by atoms with van der Waals surface area (Å²) in [6, 6.07) is 0.508. The first-order chi connectivity index (χ1) is 8.25. The molecule has 88 valence electrons. The zero-order chi connectivity index (χ0) is 11.8. The van der Waals surface area contributed by atoms with Crippen molar-refractivity contribution in [3.8, 4) is 0 Å². The summed E-state index contributed by atoms with van der Waals surface area (Å²) in [4.78, 5) is 20.8. The van der Waals surface area contributed by atoms with Crippen molar-refractivity contribution in [3.63, 3.8) is 0 Å². The molecule has 0 saturated heterocycles. The molecule has 0 atom stereocenters. The smallest absolute Gasteiger partial charge is 0.356 e. The lowest BCUT2D eigenvalue weighted by molar-refractivity contribution is 0.0689. The van der Waals surface area contributed by atoms with Gasteiger partial charge in [0.05, 0.1) is 24.8 Å². The van der Waals surface area contributed by atoms with Crippen LogP contribution in [0.2, 0.25) is 0 Å². The van der Waals surface area contributed by atoms with E-state index in [1.807, 2.05) is 9.47 Å². The summed E-state index contributed by atoms with van der Waals surface area (Å²) in [6.07, 6.45) is 4.63. The van der Waals surface area contributed by atoms with Crippen molar-refractivity contribution in [3.05, 3.63) is 30.2 Å². The minimum atomic E-state index is -1.01. The highest BCUT2D eigenvalue weighted by atomic mass is 16.4. The van der Waals surface area contributed by atoms with Crippen LogP contribution in [0.3, 0.4) is 0 Å². The largest absolute Gasteiger partial charge is 0.476 e. The molecule has 7 heteroatoms. The van der Waals surface area contributed by atoms with Crippen LogP contribution in [0.4, 0.5) is 6.01 Å². The number of fused-ring (bicyclic) bond motifs is 1. The predicted molar refractivity (Wildman–Crippen MR) is 56.7 cm³/mol. The average molecular weight is 234 g/mol. The lowest BCUT2D eigenvalue weighted by atomic mass is 10.2. The third kappa shape index (κ3) is 1.55. The van der Waals surface area contributed by atoms with E-state index >= 15 is 0 Å².